The van der Waals surface area contributed by atoms with Gasteiger partial charge < -0.3 is 4.74 Å². The summed E-state index contributed by atoms with van der Waals surface area (Å²) in [6, 6.07) is 0. The van der Waals surface area contributed by atoms with E-state index in [2.05, 4.69) is 13.8 Å². The van der Waals surface area contributed by atoms with E-state index in [1.165, 1.54) is 103 Å². The molecule has 132 valence electrons. The van der Waals surface area contributed by atoms with Crippen molar-refractivity contribution >= 4 is 0 Å². The van der Waals surface area contributed by atoms with Crippen LogP contribution in [0.25, 0.3) is 0 Å². The molecule has 1 heteroatoms. The van der Waals surface area contributed by atoms with Crippen LogP contribution in [0.3, 0.4) is 0 Å². The minimum Gasteiger partial charge on any atom is -0.372 e. The van der Waals surface area contributed by atoms with Gasteiger partial charge in [-0.05, 0) is 18.8 Å². The molecule has 0 saturated heterocycles. The SMILES string of the molecule is [CH]OCC(CCCCCCCC)CCCCCCCCCC. The number of rotatable bonds is 18. The highest BCUT2D eigenvalue weighted by atomic mass is 16.5. The fraction of sp³-hybridized carbons (Fsp3) is 0.952. The van der Waals surface area contributed by atoms with Crippen LogP contribution < -0.4 is 0 Å². The molecule has 0 saturated carbocycles. The average Bonchev–Trinajstić information content (AvgIpc) is 2.53. The maximum Gasteiger partial charge on any atom is 0.115 e. The minimum absolute atomic E-state index is 0.691. The molecule has 0 heterocycles. The van der Waals surface area contributed by atoms with Crippen molar-refractivity contribution in [3.8, 4) is 0 Å². The summed E-state index contributed by atoms with van der Waals surface area (Å²) in [6.45, 7) is 5.31. The number of unbranched alkanes of at least 4 members (excludes halogenated alkanes) is 12. The van der Waals surface area contributed by atoms with Crippen molar-refractivity contribution in [3.63, 3.8) is 0 Å². The molecule has 0 N–H and O–H groups in total. The summed E-state index contributed by atoms with van der Waals surface area (Å²) < 4.78 is 4.92. The van der Waals surface area contributed by atoms with E-state index in [9.17, 15) is 0 Å². The largest absolute Gasteiger partial charge is 0.372 e. The molecule has 1 atom stereocenters. The van der Waals surface area contributed by atoms with Gasteiger partial charge in [-0.3, -0.25) is 0 Å². The van der Waals surface area contributed by atoms with E-state index in [4.69, 9.17) is 11.8 Å². The number of hydrogen-bond acceptors (Lipinski definition) is 1. The standard InChI is InChI=1S/C21H42O/c1-4-6-8-10-12-13-15-17-19-21(20-22-3)18-16-14-11-9-7-5-2/h3,21H,4-20H2,1-2H3. The molecule has 2 radical (unpaired) electrons. The van der Waals surface area contributed by atoms with Crippen LogP contribution >= 0.6 is 0 Å². The molecule has 1 unspecified atom stereocenters. The quantitative estimate of drug-likeness (QED) is 0.237. The van der Waals surface area contributed by atoms with E-state index in [1.54, 1.807) is 0 Å². The molecule has 0 rings (SSSR count). The number of hydrogen-bond donors (Lipinski definition) is 0. The van der Waals surface area contributed by atoms with Gasteiger partial charge >= 0.3 is 0 Å². The molecule has 0 spiro atoms. The third-order valence-electron chi connectivity index (χ3n) is 4.76. The van der Waals surface area contributed by atoms with Gasteiger partial charge in [0.05, 0.1) is 6.61 Å². The van der Waals surface area contributed by atoms with Crippen molar-refractivity contribution < 1.29 is 4.74 Å². The van der Waals surface area contributed by atoms with Crippen LogP contribution in [0.5, 0.6) is 0 Å². The monoisotopic (exact) mass is 310 g/mol. The lowest BCUT2D eigenvalue weighted by Crippen LogP contribution is -2.07. The minimum atomic E-state index is 0.691. The van der Waals surface area contributed by atoms with Crippen LogP contribution in [0.15, 0.2) is 0 Å². The van der Waals surface area contributed by atoms with Crippen molar-refractivity contribution in [2.45, 2.75) is 117 Å². The second-order valence-electron chi connectivity index (χ2n) is 7.02. The van der Waals surface area contributed by atoms with Gasteiger partial charge in [0.1, 0.15) is 7.11 Å². The fourth-order valence-electron chi connectivity index (χ4n) is 3.23. The van der Waals surface area contributed by atoms with Crippen molar-refractivity contribution in [3.05, 3.63) is 7.11 Å². The Labute approximate surface area is 141 Å². The summed E-state index contributed by atoms with van der Waals surface area (Å²) in [5.74, 6) is 0.691. The molecule has 0 aromatic rings. The van der Waals surface area contributed by atoms with Crippen LogP contribution in [0.2, 0.25) is 0 Å². The smallest absolute Gasteiger partial charge is 0.115 e. The van der Waals surface area contributed by atoms with Crippen LogP contribution in [0.1, 0.15) is 117 Å². The predicted molar refractivity (Wildman–Crippen MR) is 99.0 cm³/mol. The first-order valence-electron chi connectivity index (χ1n) is 10.2. The van der Waals surface area contributed by atoms with Crippen LogP contribution in [0, 0.1) is 13.0 Å². The summed E-state index contributed by atoms with van der Waals surface area (Å²) in [5, 5.41) is 0. The second kappa shape index (κ2) is 19.0. The van der Waals surface area contributed by atoms with Gasteiger partial charge in [-0.2, -0.15) is 0 Å². The van der Waals surface area contributed by atoms with Gasteiger partial charge in [0.2, 0.25) is 0 Å². The van der Waals surface area contributed by atoms with Crippen LogP contribution in [-0.2, 0) is 4.74 Å². The molecular formula is C21H42O. The van der Waals surface area contributed by atoms with E-state index in [0.717, 1.165) is 6.61 Å². The Morgan fingerprint density at radius 2 is 0.955 bits per heavy atom. The number of ether oxygens (including phenoxy) is 1. The highest BCUT2D eigenvalue weighted by Gasteiger charge is 2.08. The van der Waals surface area contributed by atoms with Gasteiger partial charge in [-0.25, -0.2) is 0 Å². The molecule has 0 aromatic carbocycles. The van der Waals surface area contributed by atoms with Gasteiger partial charge in [-0.15, -0.1) is 0 Å². The van der Waals surface area contributed by atoms with E-state index >= 15 is 0 Å². The summed E-state index contributed by atoms with van der Waals surface area (Å²) in [7, 11) is 5.30. The third-order valence-corrected chi connectivity index (χ3v) is 4.76. The van der Waals surface area contributed by atoms with Crippen LogP contribution in [0.4, 0.5) is 0 Å². The Kier molecular flexibility index (Phi) is 19.0. The second-order valence-corrected chi connectivity index (χ2v) is 7.02. The molecular weight excluding hydrogens is 268 g/mol. The maximum atomic E-state index is 5.30. The van der Waals surface area contributed by atoms with Crippen molar-refractivity contribution in [2.24, 2.45) is 5.92 Å². The van der Waals surface area contributed by atoms with E-state index < -0.39 is 0 Å². The zero-order valence-electron chi connectivity index (χ0n) is 15.6. The zero-order chi connectivity index (χ0) is 16.3. The lowest BCUT2D eigenvalue weighted by atomic mass is 9.94. The van der Waals surface area contributed by atoms with E-state index in [0.29, 0.717) is 5.92 Å². The highest BCUT2D eigenvalue weighted by molar-refractivity contribution is 4.60. The maximum absolute atomic E-state index is 5.30. The summed E-state index contributed by atoms with van der Waals surface area (Å²) in [6.07, 6.45) is 22.1. The summed E-state index contributed by atoms with van der Waals surface area (Å²) in [5.41, 5.74) is 0. The van der Waals surface area contributed by atoms with Gasteiger partial charge in [0, 0.05) is 0 Å². The topological polar surface area (TPSA) is 9.23 Å². The molecule has 0 amide bonds. The van der Waals surface area contributed by atoms with Gasteiger partial charge in [0.25, 0.3) is 0 Å². The Morgan fingerprint density at radius 3 is 1.32 bits per heavy atom. The normalized spacial score (nSPS) is 12.7. The molecule has 22 heavy (non-hydrogen) atoms. The summed E-state index contributed by atoms with van der Waals surface area (Å²) in [4.78, 5) is 0. The van der Waals surface area contributed by atoms with E-state index in [-0.39, 0.29) is 0 Å². The van der Waals surface area contributed by atoms with Crippen molar-refractivity contribution in [1.29, 1.82) is 0 Å². The summed E-state index contributed by atoms with van der Waals surface area (Å²) >= 11 is 0. The zero-order valence-corrected chi connectivity index (χ0v) is 15.6. The molecule has 0 aliphatic carbocycles. The Bertz CT molecular complexity index is 190. The van der Waals surface area contributed by atoms with Gasteiger partial charge in [-0.1, -0.05) is 104 Å². The lowest BCUT2D eigenvalue weighted by Gasteiger charge is -2.15. The Balaban J connectivity index is 3.43. The first-order chi connectivity index (χ1) is 10.8. The van der Waals surface area contributed by atoms with Crippen molar-refractivity contribution in [2.75, 3.05) is 6.61 Å². The van der Waals surface area contributed by atoms with Crippen molar-refractivity contribution in [1.82, 2.24) is 0 Å². The molecule has 0 aliphatic heterocycles. The fourth-order valence-corrected chi connectivity index (χ4v) is 3.23. The van der Waals surface area contributed by atoms with E-state index in [1.807, 2.05) is 0 Å². The average molecular weight is 311 g/mol. The molecule has 0 aliphatic rings. The molecule has 0 fully saturated rings. The first-order valence-corrected chi connectivity index (χ1v) is 10.2. The van der Waals surface area contributed by atoms with Crippen LogP contribution in [-0.4, -0.2) is 6.61 Å². The highest BCUT2D eigenvalue weighted by Crippen LogP contribution is 2.19. The van der Waals surface area contributed by atoms with Gasteiger partial charge in [0.15, 0.2) is 0 Å². The third kappa shape index (κ3) is 16.3. The molecule has 0 aromatic heterocycles. The molecule has 1 nitrogen and oxygen atoms in total. The Morgan fingerprint density at radius 1 is 0.591 bits per heavy atom. The lowest BCUT2D eigenvalue weighted by molar-refractivity contribution is 0.171. The first kappa shape index (κ1) is 22.0. The predicted octanol–water partition coefficient (Wildman–Crippen LogP) is 7.57. The molecule has 0 bridgehead atoms. The Hall–Kier alpha value is -0.0400.